The van der Waals surface area contributed by atoms with Crippen LogP contribution in [-0.2, 0) is 6.42 Å². The highest BCUT2D eigenvalue weighted by Gasteiger charge is 2.25. The van der Waals surface area contributed by atoms with E-state index in [1.807, 2.05) is 35.2 Å². The summed E-state index contributed by atoms with van der Waals surface area (Å²) in [5.41, 5.74) is 2.60. The zero-order chi connectivity index (χ0) is 17.6. The van der Waals surface area contributed by atoms with Crippen LogP contribution in [0.1, 0.15) is 46.2 Å². The smallest absolute Gasteiger partial charge is 0.270 e. The monoisotopic (exact) mass is 339 g/mol. The number of nitrogens with one attached hydrogen (secondary N) is 1. The maximum Gasteiger partial charge on any atom is 0.270 e. The van der Waals surface area contributed by atoms with Gasteiger partial charge in [0.1, 0.15) is 5.69 Å². The van der Waals surface area contributed by atoms with Crippen molar-refractivity contribution >= 4 is 11.8 Å². The number of amides is 2. The van der Waals surface area contributed by atoms with Gasteiger partial charge in [-0.05, 0) is 42.7 Å². The molecule has 1 aliphatic rings. The molecular formula is C20H25N3O2. The molecular weight excluding hydrogens is 314 g/mol. The number of rotatable bonds is 5. The average Bonchev–Trinajstić information content (AvgIpc) is 3.20. The van der Waals surface area contributed by atoms with Gasteiger partial charge in [-0.25, -0.2) is 0 Å². The molecule has 2 amide bonds. The molecule has 0 bridgehead atoms. The van der Waals surface area contributed by atoms with Crippen LogP contribution < -0.4 is 0 Å². The number of carbonyl (C=O) groups is 2. The minimum absolute atomic E-state index is 0.00243. The van der Waals surface area contributed by atoms with Gasteiger partial charge in [-0.1, -0.05) is 25.5 Å². The Balaban J connectivity index is 1.55. The Labute approximate surface area is 148 Å². The number of nitrogens with zero attached hydrogens (tertiary/aromatic N) is 2. The number of hydrogen-bond acceptors (Lipinski definition) is 2. The maximum atomic E-state index is 12.6. The molecule has 5 heteroatoms. The summed E-state index contributed by atoms with van der Waals surface area (Å²) in [5, 5.41) is 0. The van der Waals surface area contributed by atoms with E-state index in [0.29, 0.717) is 31.9 Å². The Morgan fingerprint density at radius 2 is 1.60 bits per heavy atom. The summed E-state index contributed by atoms with van der Waals surface area (Å²) in [5.74, 6) is 0.0476. The summed E-state index contributed by atoms with van der Waals surface area (Å²) in [4.78, 5) is 31.5. The first-order valence-corrected chi connectivity index (χ1v) is 9.00. The number of unbranched alkanes of at least 4 members (excludes halogenated alkanes) is 1. The van der Waals surface area contributed by atoms with Crippen molar-refractivity contribution in [2.24, 2.45) is 0 Å². The Hall–Kier alpha value is -2.56. The van der Waals surface area contributed by atoms with Gasteiger partial charge in [-0.3, -0.25) is 9.59 Å². The van der Waals surface area contributed by atoms with Gasteiger partial charge >= 0.3 is 0 Å². The van der Waals surface area contributed by atoms with Crippen LogP contribution >= 0.6 is 0 Å². The van der Waals surface area contributed by atoms with E-state index in [1.54, 1.807) is 17.2 Å². The third-order valence-corrected chi connectivity index (χ3v) is 4.70. The van der Waals surface area contributed by atoms with Gasteiger partial charge in [0.05, 0.1) is 0 Å². The van der Waals surface area contributed by atoms with Gasteiger partial charge in [0, 0.05) is 37.9 Å². The number of aryl methyl sites for hydroxylation is 1. The lowest BCUT2D eigenvalue weighted by molar-refractivity contribution is 0.0532. The molecule has 132 valence electrons. The molecule has 1 aliphatic heterocycles. The number of benzene rings is 1. The average molecular weight is 339 g/mol. The molecule has 1 saturated heterocycles. The Kier molecular flexibility index (Phi) is 5.53. The van der Waals surface area contributed by atoms with Crippen molar-refractivity contribution in [3.05, 3.63) is 59.4 Å². The van der Waals surface area contributed by atoms with Crippen LogP contribution in [0.15, 0.2) is 42.6 Å². The fourth-order valence-electron chi connectivity index (χ4n) is 3.12. The second-order valence-corrected chi connectivity index (χ2v) is 6.47. The van der Waals surface area contributed by atoms with Crippen molar-refractivity contribution in [3.63, 3.8) is 0 Å². The molecule has 1 aromatic carbocycles. The number of carbonyl (C=O) groups excluding carboxylic acids is 2. The predicted octanol–water partition coefficient (Wildman–Crippen LogP) is 2.96. The molecule has 3 rings (SSSR count). The van der Waals surface area contributed by atoms with Crippen molar-refractivity contribution in [2.75, 3.05) is 26.2 Å². The molecule has 1 N–H and O–H groups in total. The molecule has 1 aromatic heterocycles. The summed E-state index contributed by atoms with van der Waals surface area (Å²) in [6.45, 7) is 4.46. The minimum atomic E-state index is -0.00243. The standard InChI is InChI=1S/C20H25N3O2/c1-2-3-5-16-7-9-17(10-8-16)19(24)22-12-14-23(15-13-22)20(25)18-6-4-11-21-18/h4,6-11,21H,2-3,5,12-15H2,1H3. The van der Waals surface area contributed by atoms with Crippen LogP contribution in [0.25, 0.3) is 0 Å². The van der Waals surface area contributed by atoms with E-state index >= 15 is 0 Å². The molecule has 2 aromatic rings. The van der Waals surface area contributed by atoms with Gasteiger partial charge in [-0.2, -0.15) is 0 Å². The van der Waals surface area contributed by atoms with E-state index in [-0.39, 0.29) is 11.8 Å². The van der Waals surface area contributed by atoms with E-state index in [0.717, 1.165) is 12.0 Å². The van der Waals surface area contributed by atoms with Crippen LogP contribution in [0.4, 0.5) is 0 Å². The fraction of sp³-hybridized carbons (Fsp3) is 0.400. The summed E-state index contributed by atoms with van der Waals surface area (Å²) >= 11 is 0. The first-order valence-electron chi connectivity index (χ1n) is 9.00. The van der Waals surface area contributed by atoms with Crippen LogP contribution in [0.2, 0.25) is 0 Å². The lowest BCUT2D eigenvalue weighted by Gasteiger charge is -2.34. The Bertz CT molecular complexity index is 699. The first kappa shape index (κ1) is 17.3. The molecule has 5 nitrogen and oxygen atoms in total. The summed E-state index contributed by atoms with van der Waals surface area (Å²) in [6, 6.07) is 11.5. The van der Waals surface area contributed by atoms with Crippen LogP contribution in [-0.4, -0.2) is 52.8 Å². The molecule has 0 unspecified atom stereocenters. The van der Waals surface area contributed by atoms with Crippen molar-refractivity contribution in [2.45, 2.75) is 26.2 Å². The zero-order valence-corrected chi connectivity index (χ0v) is 14.7. The Morgan fingerprint density at radius 1 is 0.960 bits per heavy atom. The molecule has 0 aliphatic carbocycles. The predicted molar refractivity (Wildman–Crippen MR) is 97.7 cm³/mol. The van der Waals surface area contributed by atoms with Gasteiger partial charge < -0.3 is 14.8 Å². The van der Waals surface area contributed by atoms with E-state index in [4.69, 9.17) is 0 Å². The molecule has 1 fully saturated rings. The van der Waals surface area contributed by atoms with Gasteiger partial charge in [-0.15, -0.1) is 0 Å². The summed E-state index contributed by atoms with van der Waals surface area (Å²) in [6.07, 6.45) is 5.15. The van der Waals surface area contributed by atoms with E-state index in [1.165, 1.54) is 18.4 Å². The SMILES string of the molecule is CCCCc1ccc(C(=O)N2CCN(C(=O)c3ccc[nH]3)CC2)cc1. The number of aromatic nitrogens is 1. The van der Waals surface area contributed by atoms with Crippen LogP contribution in [0, 0.1) is 0 Å². The van der Waals surface area contributed by atoms with Crippen LogP contribution in [0.3, 0.4) is 0 Å². The van der Waals surface area contributed by atoms with Gasteiger partial charge in [0.2, 0.25) is 0 Å². The Morgan fingerprint density at radius 3 is 2.16 bits per heavy atom. The van der Waals surface area contributed by atoms with E-state index in [9.17, 15) is 9.59 Å². The summed E-state index contributed by atoms with van der Waals surface area (Å²) in [7, 11) is 0. The van der Waals surface area contributed by atoms with Crippen LogP contribution in [0.5, 0.6) is 0 Å². The third kappa shape index (κ3) is 4.10. The van der Waals surface area contributed by atoms with Crippen molar-refractivity contribution in [3.8, 4) is 0 Å². The fourth-order valence-corrected chi connectivity index (χ4v) is 3.12. The zero-order valence-electron chi connectivity index (χ0n) is 14.7. The van der Waals surface area contributed by atoms with Crippen molar-refractivity contribution in [1.29, 1.82) is 0 Å². The molecule has 0 atom stereocenters. The molecule has 0 spiro atoms. The highest BCUT2D eigenvalue weighted by molar-refractivity contribution is 5.95. The molecule has 0 radical (unpaired) electrons. The van der Waals surface area contributed by atoms with Gasteiger partial charge in [0.15, 0.2) is 0 Å². The topological polar surface area (TPSA) is 56.4 Å². The molecule has 25 heavy (non-hydrogen) atoms. The number of hydrogen-bond donors (Lipinski definition) is 1. The highest BCUT2D eigenvalue weighted by Crippen LogP contribution is 2.13. The lowest BCUT2D eigenvalue weighted by Crippen LogP contribution is -2.50. The van der Waals surface area contributed by atoms with Crippen molar-refractivity contribution in [1.82, 2.24) is 14.8 Å². The molecule has 0 saturated carbocycles. The number of H-pyrrole nitrogens is 1. The number of piperazine rings is 1. The third-order valence-electron chi connectivity index (χ3n) is 4.70. The summed E-state index contributed by atoms with van der Waals surface area (Å²) < 4.78 is 0. The maximum absolute atomic E-state index is 12.6. The second-order valence-electron chi connectivity index (χ2n) is 6.47. The number of aromatic amines is 1. The normalized spacial score (nSPS) is 14.6. The van der Waals surface area contributed by atoms with Crippen molar-refractivity contribution < 1.29 is 9.59 Å². The van der Waals surface area contributed by atoms with Gasteiger partial charge in [0.25, 0.3) is 11.8 Å². The second kappa shape index (κ2) is 8.01. The van der Waals surface area contributed by atoms with E-state index < -0.39 is 0 Å². The van der Waals surface area contributed by atoms with E-state index in [2.05, 4.69) is 11.9 Å². The molecule has 2 heterocycles. The minimum Gasteiger partial charge on any atom is -0.357 e. The largest absolute Gasteiger partial charge is 0.357 e. The highest BCUT2D eigenvalue weighted by atomic mass is 16.2. The quantitative estimate of drug-likeness (QED) is 0.910. The first-order chi connectivity index (χ1) is 12.2. The lowest BCUT2D eigenvalue weighted by atomic mass is 10.1.